The predicted molar refractivity (Wildman–Crippen MR) is 47.1 cm³/mol. The molecule has 1 aliphatic rings. The number of carbonyl (C=O) groups is 1. The van der Waals surface area contributed by atoms with Gasteiger partial charge in [0.1, 0.15) is 6.61 Å². The molecule has 12 heavy (non-hydrogen) atoms. The molecule has 2 unspecified atom stereocenters. The third-order valence-electron chi connectivity index (χ3n) is 2.39. The Morgan fingerprint density at radius 3 is 2.92 bits per heavy atom. The van der Waals surface area contributed by atoms with Crippen LogP contribution in [0.4, 0.5) is 0 Å². The van der Waals surface area contributed by atoms with Gasteiger partial charge in [-0.25, -0.2) is 0 Å². The number of hydrogen-bond donors (Lipinski definition) is 1. The Balaban J connectivity index is 2.30. The quantitative estimate of drug-likeness (QED) is 0.672. The minimum absolute atomic E-state index is 0.177. The lowest BCUT2D eigenvalue weighted by Gasteiger charge is -2.12. The first-order valence-corrected chi connectivity index (χ1v) is 4.59. The molecular formula is C9H17NO2. The van der Waals surface area contributed by atoms with Gasteiger partial charge in [0.25, 0.3) is 0 Å². The van der Waals surface area contributed by atoms with E-state index in [0.717, 1.165) is 13.0 Å². The van der Waals surface area contributed by atoms with Crippen LogP contribution in [0.5, 0.6) is 0 Å². The SMILES string of the molecule is CCOCC(=O)C1CCNC1C. The average molecular weight is 171 g/mol. The summed E-state index contributed by atoms with van der Waals surface area (Å²) in [7, 11) is 0. The third-order valence-corrected chi connectivity index (χ3v) is 2.39. The summed E-state index contributed by atoms with van der Waals surface area (Å²) in [5.74, 6) is 0.422. The van der Waals surface area contributed by atoms with E-state index in [1.165, 1.54) is 0 Å². The predicted octanol–water partition coefficient (Wildman–Crippen LogP) is 0.590. The largest absolute Gasteiger partial charge is 0.374 e. The van der Waals surface area contributed by atoms with E-state index in [-0.39, 0.29) is 18.3 Å². The Morgan fingerprint density at radius 1 is 1.67 bits per heavy atom. The topological polar surface area (TPSA) is 38.3 Å². The first-order valence-electron chi connectivity index (χ1n) is 4.59. The van der Waals surface area contributed by atoms with Crippen LogP contribution >= 0.6 is 0 Å². The first-order chi connectivity index (χ1) is 5.75. The van der Waals surface area contributed by atoms with Crippen molar-refractivity contribution >= 4 is 5.78 Å². The van der Waals surface area contributed by atoms with Crippen LogP contribution < -0.4 is 5.32 Å². The van der Waals surface area contributed by atoms with Crippen LogP contribution in [0.25, 0.3) is 0 Å². The Kier molecular flexibility index (Phi) is 3.69. The summed E-state index contributed by atoms with van der Waals surface area (Å²) in [5, 5.41) is 3.25. The molecule has 1 fully saturated rings. The maximum Gasteiger partial charge on any atom is 0.163 e. The van der Waals surface area contributed by atoms with Gasteiger partial charge in [0, 0.05) is 18.6 Å². The molecule has 0 aromatic heterocycles. The lowest BCUT2D eigenvalue weighted by Crippen LogP contribution is -2.30. The number of nitrogens with one attached hydrogen (secondary N) is 1. The van der Waals surface area contributed by atoms with Crippen molar-refractivity contribution in [3.8, 4) is 0 Å². The number of ketones is 1. The van der Waals surface area contributed by atoms with Crippen LogP contribution in [-0.4, -0.2) is 31.6 Å². The molecule has 0 radical (unpaired) electrons. The second kappa shape index (κ2) is 4.58. The van der Waals surface area contributed by atoms with E-state index in [2.05, 4.69) is 12.2 Å². The van der Waals surface area contributed by atoms with Crippen molar-refractivity contribution in [3.05, 3.63) is 0 Å². The summed E-state index contributed by atoms with van der Waals surface area (Å²) in [6, 6.07) is 0.331. The third kappa shape index (κ3) is 2.29. The van der Waals surface area contributed by atoms with Gasteiger partial charge in [-0.05, 0) is 26.8 Å². The van der Waals surface area contributed by atoms with Crippen molar-refractivity contribution in [2.45, 2.75) is 26.3 Å². The Bertz CT molecular complexity index is 159. The highest BCUT2D eigenvalue weighted by Gasteiger charge is 2.28. The van der Waals surface area contributed by atoms with E-state index in [0.29, 0.717) is 12.6 Å². The molecule has 0 bridgehead atoms. The van der Waals surface area contributed by atoms with E-state index in [1.54, 1.807) is 0 Å². The Hall–Kier alpha value is -0.410. The van der Waals surface area contributed by atoms with Crippen LogP contribution in [0.15, 0.2) is 0 Å². The zero-order valence-corrected chi connectivity index (χ0v) is 7.80. The van der Waals surface area contributed by atoms with E-state index < -0.39 is 0 Å². The van der Waals surface area contributed by atoms with Gasteiger partial charge in [-0.15, -0.1) is 0 Å². The Labute approximate surface area is 73.5 Å². The normalized spacial score (nSPS) is 29.2. The lowest BCUT2D eigenvalue weighted by molar-refractivity contribution is -0.127. The molecule has 1 rings (SSSR count). The number of ether oxygens (including phenoxy) is 1. The molecule has 1 aliphatic heterocycles. The lowest BCUT2D eigenvalue weighted by atomic mass is 9.97. The molecule has 1 saturated heterocycles. The van der Waals surface area contributed by atoms with Crippen LogP contribution in [0.3, 0.4) is 0 Å². The maximum atomic E-state index is 11.4. The summed E-state index contributed by atoms with van der Waals surface area (Å²) in [5.41, 5.74) is 0. The van der Waals surface area contributed by atoms with Crippen LogP contribution in [0.2, 0.25) is 0 Å². The Morgan fingerprint density at radius 2 is 2.42 bits per heavy atom. The highest BCUT2D eigenvalue weighted by molar-refractivity contribution is 5.83. The van der Waals surface area contributed by atoms with Crippen molar-refractivity contribution in [2.75, 3.05) is 19.8 Å². The maximum absolute atomic E-state index is 11.4. The molecule has 3 heteroatoms. The summed E-state index contributed by atoms with van der Waals surface area (Å²) in [6.07, 6.45) is 0.965. The fourth-order valence-electron chi connectivity index (χ4n) is 1.61. The smallest absolute Gasteiger partial charge is 0.163 e. The van der Waals surface area contributed by atoms with Gasteiger partial charge >= 0.3 is 0 Å². The minimum atomic E-state index is 0.177. The van der Waals surface area contributed by atoms with E-state index in [4.69, 9.17) is 4.74 Å². The summed E-state index contributed by atoms with van der Waals surface area (Å²) >= 11 is 0. The van der Waals surface area contributed by atoms with Crippen molar-refractivity contribution in [3.63, 3.8) is 0 Å². The van der Waals surface area contributed by atoms with Gasteiger partial charge in [0.2, 0.25) is 0 Å². The van der Waals surface area contributed by atoms with Gasteiger partial charge in [-0.2, -0.15) is 0 Å². The van der Waals surface area contributed by atoms with Crippen molar-refractivity contribution in [2.24, 2.45) is 5.92 Å². The van der Waals surface area contributed by atoms with Gasteiger partial charge in [0.05, 0.1) is 0 Å². The molecule has 70 valence electrons. The molecule has 0 aliphatic carbocycles. The number of rotatable bonds is 4. The van der Waals surface area contributed by atoms with Crippen molar-refractivity contribution < 1.29 is 9.53 Å². The van der Waals surface area contributed by atoms with Crippen molar-refractivity contribution in [1.29, 1.82) is 0 Å². The molecule has 0 spiro atoms. The second-order valence-corrected chi connectivity index (χ2v) is 3.24. The molecule has 0 amide bonds. The fraction of sp³-hybridized carbons (Fsp3) is 0.889. The molecule has 0 saturated carbocycles. The molecule has 2 atom stereocenters. The van der Waals surface area contributed by atoms with Crippen molar-refractivity contribution in [1.82, 2.24) is 5.32 Å². The van der Waals surface area contributed by atoms with Crippen LogP contribution in [0.1, 0.15) is 20.3 Å². The number of Topliss-reactive ketones (excluding diaryl/α,β-unsaturated/α-hetero) is 1. The summed E-state index contributed by atoms with van der Waals surface area (Å²) in [4.78, 5) is 11.4. The minimum Gasteiger partial charge on any atom is -0.374 e. The molecule has 1 heterocycles. The zero-order chi connectivity index (χ0) is 8.97. The molecule has 0 aromatic carbocycles. The highest BCUT2D eigenvalue weighted by atomic mass is 16.5. The molecule has 1 N–H and O–H groups in total. The monoisotopic (exact) mass is 171 g/mol. The molecule has 3 nitrogen and oxygen atoms in total. The van der Waals surface area contributed by atoms with Gasteiger partial charge in [-0.1, -0.05) is 0 Å². The summed E-state index contributed by atoms with van der Waals surface area (Å²) < 4.78 is 5.08. The van der Waals surface area contributed by atoms with Gasteiger partial charge in [0.15, 0.2) is 5.78 Å². The first kappa shape index (κ1) is 9.68. The van der Waals surface area contributed by atoms with E-state index in [1.807, 2.05) is 6.92 Å². The van der Waals surface area contributed by atoms with Crippen LogP contribution in [-0.2, 0) is 9.53 Å². The van der Waals surface area contributed by atoms with E-state index >= 15 is 0 Å². The molecular weight excluding hydrogens is 154 g/mol. The fourth-order valence-corrected chi connectivity index (χ4v) is 1.61. The van der Waals surface area contributed by atoms with E-state index in [9.17, 15) is 4.79 Å². The molecule has 0 aromatic rings. The highest BCUT2D eigenvalue weighted by Crippen LogP contribution is 2.15. The van der Waals surface area contributed by atoms with Crippen LogP contribution in [0, 0.1) is 5.92 Å². The standard InChI is InChI=1S/C9H17NO2/c1-3-12-6-9(11)8-4-5-10-7(8)2/h7-8,10H,3-6H2,1-2H3. The average Bonchev–Trinajstić information content (AvgIpc) is 2.47. The number of carbonyl (C=O) groups excluding carboxylic acids is 1. The second-order valence-electron chi connectivity index (χ2n) is 3.24. The van der Waals surface area contributed by atoms with Gasteiger partial charge in [-0.3, -0.25) is 4.79 Å². The zero-order valence-electron chi connectivity index (χ0n) is 7.80. The number of hydrogen-bond acceptors (Lipinski definition) is 3. The summed E-state index contributed by atoms with van der Waals surface area (Å²) in [6.45, 7) is 5.84. The van der Waals surface area contributed by atoms with Gasteiger partial charge < -0.3 is 10.1 Å².